The van der Waals surface area contributed by atoms with Crippen molar-refractivity contribution < 1.29 is 19.1 Å². The fourth-order valence-electron chi connectivity index (χ4n) is 2.30. The first kappa shape index (κ1) is 27.5. The number of amides is 2. The molecule has 3 N–H and O–H groups in total. The second-order valence-electron chi connectivity index (χ2n) is 8.76. The number of halogens is 1. The first-order chi connectivity index (χ1) is 12.9. The van der Waals surface area contributed by atoms with Crippen molar-refractivity contribution in [3.63, 3.8) is 0 Å². The van der Waals surface area contributed by atoms with E-state index in [0.29, 0.717) is 32.1 Å². The third-order valence-electron chi connectivity index (χ3n) is 3.57. The molecule has 0 unspecified atom stereocenters. The van der Waals surface area contributed by atoms with E-state index in [2.05, 4.69) is 20.9 Å². The molecule has 2 amide bonds. The molecule has 1 aliphatic carbocycles. The minimum atomic E-state index is -0.517. The number of rotatable bonds is 7. The summed E-state index contributed by atoms with van der Waals surface area (Å²) in [6.07, 6.45) is 1.31. The molecule has 10 heteroatoms. The summed E-state index contributed by atoms with van der Waals surface area (Å²) in [5.41, 5.74) is -1.02. The number of aliphatic imine (C=N–C) groups is 1. The SMILES string of the molecule is CN=C(NCCNC(=O)OC(C)(C)C)NCCN(C(=O)OC(C)(C)C)C1CC1.I. The average Bonchev–Trinajstić information content (AvgIpc) is 3.34. The molecule has 9 nitrogen and oxygen atoms in total. The summed E-state index contributed by atoms with van der Waals surface area (Å²) in [5.74, 6) is 0.603. The standard InChI is InChI=1S/C19H37N5O4.HI/c1-18(2,3)27-16(25)23-11-10-21-15(20-7)22-12-13-24(14-8-9-14)17(26)28-19(4,5)6;/h14H,8-13H2,1-7H3,(H,23,25)(H2,20,21,22);1H. The summed E-state index contributed by atoms with van der Waals surface area (Å²) >= 11 is 0. The number of nitrogens with one attached hydrogen (secondary N) is 3. The lowest BCUT2D eigenvalue weighted by molar-refractivity contribution is 0.0237. The van der Waals surface area contributed by atoms with E-state index in [1.165, 1.54) is 0 Å². The van der Waals surface area contributed by atoms with Gasteiger partial charge in [-0.25, -0.2) is 9.59 Å². The Kier molecular flexibility index (Phi) is 11.7. The first-order valence-corrected chi connectivity index (χ1v) is 9.82. The number of hydrogen-bond acceptors (Lipinski definition) is 5. The van der Waals surface area contributed by atoms with Crippen LogP contribution in [-0.4, -0.2) is 73.5 Å². The summed E-state index contributed by atoms with van der Waals surface area (Å²) in [4.78, 5) is 29.8. The van der Waals surface area contributed by atoms with Crippen molar-refractivity contribution in [1.82, 2.24) is 20.9 Å². The number of carbonyl (C=O) groups is 2. The van der Waals surface area contributed by atoms with Gasteiger partial charge in [0.1, 0.15) is 11.2 Å². The van der Waals surface area contributed by atoms with Gasteiger partial charge in [-0.1, -0.05) is 0 Å². The van der Waals surface area contributed by atoms with Crippen molar-refractivity contribution in [2.24, 2.45) is 4.99 Å². The van der Waals surface area contributed by atoms with Crippen molar-refractivity contribution in [3.05, 3.63) is 0 Å². The number of ether oxygens (including phenoxy) is 2. The maximum Gasteiger partial charge on any atom is 0.410 e. The Balaban J connectivity index is 0.00000784. The van der Waals surface area contributed by atoms with Gasteiger partial charge in [0, 0.05) is 39.3 Å². The number of hydrogen-bond donors (Lipinski definition) is 3. The van der Waals surface area contributed by atoms with E-state index in [-0.39, 0.29) is 36.1 Å². The highest BCUT2D eigenvalue weighted by Gasteiger charge is 2.34. The van der Waals surface area contributed by atoms with Crippen LogP contribution in [0.25, 0.3) is 0 Å². The summed E-state index contributed by atoms with van der Waals surface area (Å²) < 4.78 is 10.7. The molecule has 0 heterocycles. The number of nitrogens with zero attached hydrogens (tertiary/aromatic N) is 2. The van der Waals surface area contributed by atoms with E-state index in [0.717, 1.165) is 12.8 Å². The molecule has 0 aliphatic heterocycles. The van der Waals surface area contributed by atoms with Crippen molar-refractivity contribution in [2.75, 3.05) is 33.2 Å². The third-order valence-corrected chi connectivity index (χ3v) is 3.57. The van der Waals surface area contributed by atoms with Crippen LogP contribution in [0.2, 0.25) is 0 Å². The zero-order valence-electron chi connectivity index (χ0n) is 18.8. The molecular weight excluding hydrogens is 489 g/mol. The summed E-state index contributed by atoms with van der Waals surface area (Å²) in [7, 11) is 1.67. The minimum Gasteiger partial charge on any atom is -0.444 e. The number of guanidine groups is 1. The highest BCUT2D eigenvalue weighted by molar-refractivity contribution is 14.0. The Hall–Kier alpha value is -1.46. The lowest BCUT2D eigenvalue weighted by Gasteiger charge is -2.27. The van der Waals surface area contributed by atoms with E-state index in [1.807, 2.05) is 41.5 Å². The molecule has 0 aromatic carbocycles. The normalized spacial score (nSPS) is 14.4. The van der Waals surface area contributed by atoms with E-state index in [1.54, 1.807) is 11.9 Å². The predicted molar refractivity (Wildman–Crippen MR) is 125 cm³/mol. The van der Waals surface area contributed by atoms with Crippen LogP contribution in [0.5, 0.6) is 0 Å². The van der Waals surface area contributed by atoms with Crippen molar-refractivity contribution in [1.29, 1.82) is 0 Å². The van der Waals surface area contributed by atoms with Crippen LogP contribution < -0.4 is 16.0 Å². The molecule has 0 spiro atoms. The van der Waals surface area contributed by atoms with Crippen LogP contribution in [-0.2, 0) is 9.47 Å². The molecule has 0 bridgehead atoms. The maximum absolute atomic E-state index is 12.3. The van der Waals surface area contributed by atoms with Crippen molar-refractivity contribution >= 4 is 42.1 Å². The van der Waals surface area contributed by atoms with Gasteiger partial charge in [-0.2, -0.15) is 0 Å². The average molecular weight is 527 g/mol. The van der Waals surface area contributed by atoms with Crippen LogP contribution in [0.1, 0.15) is 54.4 Å². The molecule has 29 heavy (non-hydrogen) atoms. The van der Waals surface area contributed by atoms with Gasteiger partial charge in [0.15, 0.2) is 5.96 Å². The molecule has 0 radical (unpaired) electrons. The quantitative estimate of drug-likeness (QED) is 0.204. The van der Waals surface area contributed by atoms with E-state index < -0.39 is 17.3 Å². The Bertz CT molecular complexity index is 554. The van der Waals surface area contributed by atoms with Gasteiger partial charge in [-0.3, -0.25) is 4.99 Å². The van der Waals surface area contributed by atoms with Crippen LogP contribution in [0.3, 0.4) is 0 Å². The molecule has 0 aromatic heterocycles. The van der Waals surface area contributed by atoms with Crippen LogP contribution >= 0.6 is 24.0 Å². The molecule has 0 atom stereocenters. The minimum absolute atomic E-state index is 0. The topological polar surface area (TPSA) is 104 Å². The zero-order valence-corrected chi connectivity index (χ0v) is 21.1. The molecule has 1 saturated carbocycles. The highest BCUT2D eigenvalue weighted by atomic mass is 127. The Morgan fingerprint density at radius 3 is 1.93 bits per heavy atom. The summed E-state index contributed by atoms with van der Waals surface area (Å²) in [6, 6.07) is 0.268. The monoisotopic (exact) mass is 527 g/mol. The summed E-state index contributed by atoms with van der Waals surface area (Å²) in [6.45, 7) is 13.0. The van der Waals surface area contributed by atoms with Gasteiger partial charge in [-0.15, -0.1) is 24.0 Å². The van der Waals surface area contributed by atoms with E-state index in [9.17, 15) is 9.59 Å². The number of carbonyl (C=O) groups excluding carboxylic acids is 2. The van der Waals surface area contributed by atoms with Crippen LogP contribution in [0.15, 0.2) is 4.99 Å². The van der Waals surface area contributed by atoms with E-state index >= 15 is 0 Å². The molecule has 0 saturated heterocycles. The summed E-state index contributed by atoms with van der Waals surface area (Å²) in [5, 5.41) is 8.96. The largest absolute Gasteiger partial charge is 0.444 e. The van der Waals surface area contributed by atoms with Crippen LogP contribution in [0, 0.1) is 0 Å². The fourth-order valence-corrected chi connectivity index (χ4v) is 2.30. The molecular formula is C19H38IN5O4. The Morgan fingerprint density at radius 2 is 1.45 bits per heavy atom. The zero-order chi connectivity index (χ0) is 21.4. The maximum atomic E-state index is 12.3. The third kappa shape index (κ3) is 13.4. The second kappa shape index (κ2) is 12.3. The van der Waals surface area contributed by atoms with Gasteiger partial charge >= 0.3 is 12.2 Å². The van der Waals surface area contributed by atoms with Crippen molar-refractivity contribution in [2.45, 2.75) is 71.6 Å². The van der Waals surface area contributed by atoms with Gasteiger partial charge < -0.3 is 30.3 Å². The smallest absolute Gasteiger partial charge is 0.410 e. The Labute approximate surface area is 191 Å². The molecule has 170 valence electrons. The molecule has 0 aromatic rings. The number of alkyl carbamates (subject to hydrolysis) is 1. The lowest BCUT2D eigenvalue weighted by Crippen LogP contribution is -2.46. The molecule has 1 rings (SSSR count). The Morgan fingerprint density at radius 1 is 0.931 bits per heavy atom. The van der Waals surface area contributed by atoms with Gasteiger partial charge in [0.05, 0.1) is 0 Å². The van der Waals surface area contributed by atoms with Gasteiger partial charge in [-0.05, 0) is 54.4 Å². The molecule has 1 aliphatic rings. The highest BCUT2D eigenvalue weighted by Crippen LogP contribution is 2.27. The lowest BCUT2D eigenvalue weighted by atomic mass is 10.2. The fraction of sp³-hybridized carbons (Fsp3) is 0.842. The van der Waals surface area contributed by atoms with Crippen molar-refractivity contribution in [3.8, 4) is 0 Å². The molecule has 1 fully saturated rings. The second-order valence-corrected chi connectivity index (χ2v) is 8.76. The van der Waals surface area contributed by atoms with E-state index in [4.69, 9.17) is 9.47 Å². The van der Waals surface area contributed by atoms with Crippen LogP contribution in [0.4, 0.5) is 9.59 Å². The first-order valence-electron chi connectivity index (χ1n) is 9.82. The van der Waals surface area contributed by atoms with Gasteiger partial charge in [0.25, 0.3) is 0 Å². The predicted octanol–water partition coefficient (Wildman–Crippen LogP) is 2.69. The van der Waals surface area contributed by atoms with Gasteiger partial charge in [0.2, 0.25) is 0 Å².